The van der Waals surface area contributed by atoms with Crippen molar-refractivity contribution in [3.05, 3.63) is 0 Å². The molecule has 1 heterocycles. The van der Waals surface area contributed by atoms with Gasteiger partial charge in [0.2, 0.25) is 5.91 Å². The van der Waals surface area contributed by atoms with Crippen molar-refractivity contribution in [2.24, 2.45) is 5.41 Å². The van der Waals surface area contributed by atoms with Crippen LogP contribution in [0.5, 0.6) is 0 Å². The van der Waals surface area contributed by atoms with Crippen molar-refractivity contribution in [1.29, 1.82) is 0 Å². The lowest BCUT2D eigenvalue weighted by Gasteiger charge is -2.43. The topological polar surface area (TPSA) is 29.5 Å². The molecule has 1 aliphatic carbocycles. The Labute approximate surface area is 95.7 Å². The number of rotatable bonds is 4. The summed E-state index contributed by atoms with van der Waals surface area (Å²) in [6.45, 7) is 2.32. The molecule has 1 saturated carbocycles. The molecule has 2 fully saturated rings. The molecular weight excluding hydrogens is 214 g/mol. The van der Waals surface area contributed by atoms with E-state index in [2.05, 4.69) is 0 Å². The monoisotopic (exact) mass is 231 g/mol. The van der Waals surface area contributed by atoms with E-state index in [1.807, 2.05) is 4.90 Å². The average molecular weight is 232 g/mol. The first-order chi connectivity index (χ1) is 7.15. The van der Waals surface area contributed by atoms with Gasteiger partial charge < -0.3 is 9.64 Å². The van der Waals surface area contributed by atoms with Gasteiger partial charge in [-0.25, -0.2) is 0 Å². The predicted octanol–water partition coefficient (Wildman–Crippen LogP) is 1.64. The van der Waals surface area contributed by atoms with Gasteiger partial charge in [-0.2, -0.15) is 0 Å². The maximum absolute atomic E-state index is 11.6. The van der Waals surface area contributed by atoms with Crippen LogP contribution < -0.4 is 0 Å². The van der Waals surface area contributed by atoms with Gasteiger partial charge in [-0.05, 0) is 12.8 Å². The molecule has 0 aromatic carbocycles. The highest BCUT2D eigenvalue weighted by Crippen LogP contribution is 2.42. The van der Waals surface area contributed by atoms with Gasteiger partial charge in [0.1, 0.15) is 0 Å². The maximum Gasteiger partial charge on any atom is 0.224 e. The number of halogens is 1. The van der Waals surface area contributed by atoms with E-state index in [0.29, 0.717) is 13.0 Å². The van der Waals surface area contributed by atoms with Crippen molar-refractivity contribution in [1.82, 2.24) is 4.90 Å². The lowest BCUT2D eigenvalue weighted by atomic mass is 9.69. The standard InChI is InChI=1S/C11H18ClNO2/c1-15-8-11(3-2-4-11)7-13-6-9(12)5-10(13)14/h9H,2-8H2,1H3. The van der Waals surface area contributed by atoms with Crippen LogP contribution in [0.25, 0.3) is 0 Å². The number of methoxy groups -OCH3 is 1. The number of alkyl halides is 1. The largest absolute Gasteiger partial charge is 0.384 e. The third kappa shape index (κ3) is 2.28. The summed E-state index contributed by atoms with van der Waals surface area (Å²) >= 11 is 5.98. The fourth-order valence-electron chi connectivity index (χ4n) is 2.61. The summed E-state index contributed by atoms with van der Waals surface area (Å²) in [5.41, 5.74) is 0.228. The van der Waals surface area contributed by atoms with Crippen molar-refractivity contribution in [2.45, 2.75) is 31.1 Å². The normalized spacial score (nSPS) is 29.3. The summed E-state index contributed by atoms with van der Waals surface area (Å²) < 4.78 is 5.25. The molecule has 0 aromatic heterocycles. The molecule has 2 rings (SSSR count). The average Bonchev–Trinajstić information content (AvgIpc) is 2.42. The van der Waals surface area contributed by atoms with Crippen LogP contribution in [0.1, 0.15) is 25.7 Å². The van der Waals surface area contributed by atoms with Crippen molar-refractivity contribution in [3.63, 3.8) is 0 Å². The van der Waals surface area contributed by atoms with E-state index in [0.717, 1.165) is 13.2 Å². The molecule has 0 bridgehead atoms. The van der Waals surface area contributed by atoms with Crippen LogP contribution >= 0.6 is 11.6 Å². The Hall–Kier alpha value is -0.280. The van der Waals surface area contributed by atoms with Crippen LogP contribution in [0.3, 0.4) is 0 Å². The van der Waals surface area contributed by atoms with Gasteiger partial charge in [0.25, 0.3) is 0 Å². The van der Waals surface area contributed by atoms with E-state index in [-0.39, 0.29) is 16.7 Å². The lowest BCUT2D eigenvalue weighted by molar-refractivity contribution is -0.131. The number of hydrogen-bond donors (Lipinski definition) is 0. The molecule has 1 saturated heterocycles. The molecule has 0 radical (unpaired) electrons. The molecule has 1 unspecified atom stereocenters. The van der Waals surface area contributed by atoms with Crippen LogP contribution in [-0.2, 0) is 9.53 Å². The molecule has 1 amide bonds. The first-order valence-electron chi connectivity index (χ1n) is 5.56. The zero-order valence-corrected chi connectivity index (χ0v) is 9.92. The summed E-state index contributed by atoms with van der Waals surface area (Å²) in [4.78, 5) is 13.5. The maximum atomic E-state index is 11.6. The lowest BCUT2D eigenvalue weighted by Crippen LogP contribution is -2.45. The Morgan fingerprint density at radius 2 is 2.33 bits per heavy atom. The smallest absolute Gasteiger partial charge is 0.224 e. The molecule has 3 nitrogen and oxygen atoms in total. The fraction of sp³-hybridized carbons (Fsp3) is 0.909. The molecule has 0 N–H and O–H groups in total. The fourth-order valence-corrected chi connectivity index (χ4v) is 2.91. The van der Waals surface area contributed by atoms with Gasteiger partial charge in [-0.3, -0.25) is 4.79 Å². The SMILES string of the molecule is COCC1(CN2CC(Cl)CC2=O)CCC1. The first-order valence-corrected chi connectivity index (χ1v) is 6.00. The number of hydrogen-bond acceptors (Lipinski definition) is 2. The van der Waals surface area contributed by atoms with Crippen LogP contribution in [0.4, 0.5) is 0 Å². The van der Waals surface area contributed by atoms with E-state index in [9.17, 15) is 4.79 Å². The van der Waals surface area contributed by atoms with Gasteiger partial charge in [0.15, 0.2) is 0 Å². The number of likely N-dealkylation sites (tertiary alicyclic amines) is 1. The number of amides is 1. The molecule has 15 heavy (non-hydrogen) atoms. The number of ether oxygens (including phenoxy) is 1. The molecule has 86 valence electrons. The molecule has 4 heteroatoms. The zero-order valence-electron chi connectivity index (χ0n) is 9.17. The second-order valence-electron chi connectivity index (χ2n) is 4.86. The van der Waals surface area contributed by atoms with Gasteiger partial charge in [0, 0.05) is 32.0 Å². The molecule has 1 atom stereocenters. The second kappa shape index (κ2) is 4.30. The third-order valence-corrected chi connectivity index (χ3v) is 3.85. The Balaban J connectivity index is 1.92. The van der Waals surface area contributed by atoms with Gasteiger partial charge >= 0.3 is 0 Å². The molecular formula is C11H18ClNO2. The Morgan fingerprint density at radius 1 is 1.60 bits per heavy atom. The van der Waals surface area contributed by atoms with Crippen molar-refractivity contribution >= 4 is 17.5 Å². The van der Waals surface area contributed by atoms with Gasteiger partial charge in [-0.1, -0.05) is 6.42 Å². The molecule has 0 spiro atoms. The van der Waals surface area contributed by atoms with E-state index >= 15 is 0 Å². The van der Waals surface area contributed by atoms with Crippen LogP contribution in [0, 0.1) is 5.41 Å². The van der Waals surface area contributed by atoms with Crippen molar-refractivity contribution < 1.29 is 9.53 Å². The zero-order chi connectivity index (χ0) is 10.9. The minimum Gasteiger partial charge on any atom is -0.384 e. The molecule has 1 aliphatic heterocycles. The third-order valence-electron chi connectivity index (χ3n) is 3.56. The number of carbonyl (C=O) groups is 1. The predicted molar refractivity (Wildman–Crippen MR) is 59.0 cm³/mol. The summed E-state index contributed by atoms with van der Waals surface area (Å²) in [6.07, 6.45) is 4.12. The Kier molecular flexibility index (Phi) is 3.21. The van der Waals surface area contributed by atoms with E-state index < -0.39 is 0 Å². The van der Waals surface area contributed by atoms with E-state index in [1.165, 1.54) is 19.3 Å². The number of carbonyl (C=O) groups excluding carboxylic acids is 1. The molecule has 0 aromatic rings. The first kappa shape index (κ1) is 11.2. The Morgan fingerprint density at radius 3 is 2.73 bits per heavy atom. The quantitative estimate of drug-likeness (QED) is 0.689. The summed E-state index contributed by atoms with van der Waals surface area (Å²) in [6, 6.07) is 0. The van der Waals surface area contributed by atoms with Gasteiger partial charge in [0.05, 0.1) is 12.0 Å². The second-order valence-corrected chi connectivity index (χ2v) is 5.48. The molecule has 2 aliphatic rings. The van der Waals surface area contributed by atoms with Gasteiger partial charge in [-0.15, -0.1) is 11.6 Å². The summed E-state index contributed by atoms with van der Waals surface area (Å²) in [5, 5.41) is 0.0113. The highest BCUT2D eigenvalue weighted by Gasteiger charge is 2.41. The highest BCUT2D eigenvalue weighted by atomic mass is 35.5. The Bertz CT molecular complexity index is 253. The van der Waals surface area contributed by atoms with Crippen molar-refractivity contribution in [3.8, 4) is 0 Å². The van der Waals surface area contributed by atoms with E-state index in [4.69, 9.17) is 16.3 Å². The van der Waals surface area contributed by atoms with E-state index in [1.54, 1.807) is 7.11 Å². The minimum absolute atomic E-state index is 0.0113. The number of nitrogens with zero attached hydrogens (tertiary/aromatic N) is 1. The summed E-state index contributed by atoms with van der Waals surface area (Å²) in [5.74, 6) is 0.206. The van der Waals surface area contributed by atoms with Crippen molar-refractivity contribution in [2.75, 3.05) is 26.8 Å². The van der Waals surface area contributed by atoms with Crippen LogP contribution in [0.15, 0.2) is 0 Å². The van der Waals surface area contributed by atoms with Crippen LogP contribution in [0.2, 0.25) is 0 Å². The highest BCUT2D eigenvalue weighted by molar-refractivity contribution is 6.22. The summed E-state index contributed by atoms with van der Waals surface area (Å²) in [7, 11) is 1.73. The van der Waals surface area contributed by atoms with Crippen LogP contribution in [-0.4, -0.2) is 43.0 Å². The minimum atomic E-state index is 0.0113.